The predicted molar refractivity (Wildman–Crippen MR) is 76.5 cm³/mol. The monoisotopic (exact) mass is 262 g/mol. The van der Waals surface area contributed by atoms with Crippen molar-refractivity contribution < 1.29 is 4.79 Å². The van der Waals surface area contributed by atoms with E-state index in [0.717, 1.165) is 42.3 Å². The molecule has 4 heteroatoms. The van der Waals surface area contributed by atoms with Crippen LogP contribution in [0.15, 0.2) is 18.2 Å². The lowest BCUT2D eigenvalue weighted by atomic mass is 10.1. The van der Waals surface area contributed by atoms with E-state index in [9.17, 15) is 4.79 Å². The van der Waals surface area contributed by atoms with E-state index in [1.165, 1.54) is 5.56 Å². The minimum atomic E-state index is 0.180. The van der Waals surface area contributed by atoms with Crippen molar-refractivity contribution in [3.8, 4) is 0 Å². The molecule has 18 heavy (non-hydrogen) atoms. The van der Waals surface area contributed by atoms with E-state index in [-0.39, 0.29) is 5.91 Å². The van der Waals surface area contributed by atoms with Crippen molar-refractivity contribution in [2.45, 2.75) is 19.4 Å². The summed E-state index contributed by atoms with van der Waals surface area (Å²) in [5.74, 6) is 2.29. The van der Waals surface area contributed by atoms with E-state index < -0.39 is 0 Å². The molecule has 1 atom stereocenters. The normalized spacial score (nSPS) is 22.5. The molecule has 1 aromatic carbocycles. The zero-order valence-corrected chi connectivity index (χ0v) is 11.4. The van der Waals surface area contributed by atoms with E-state index in [4.69, 9.17) is 0 Å². The highest BCUT2D eigenvalue weighted by molar-refractivity contribution is 7.99. The van der Waals surface area contributed by atoms with Gasteiger partial charge in [0.05, 0.1) is 0 Å². The summed E-state index contributed by atoms with van der Waals surface area (Å²) in [5.41, 5.74) is 3.29. The van der Waals surface area contributed by atoms with Crippen LogP contribution in [-0.4, -0.2) is 41.4 Å². The molecule has 1 N–H and O–H groups in total. The lowest BCUT2D eigenvalue weighted by Crippen LogP contribution is -2.44. The van der Waals surface area contributed by atoms with Crippen LogP contribution in [0, 0.1) is 0 Å². The molecule has 2 aliphatic heterocycles. The number of hydrogen-bond acceptors (Lipinski definition) is 3. The Kier molecular flexibility index (Phi) is 3.20. The molecular weight excluding hydrogens is 244 g/mol. The molecule has 3 nitrogen and oxygen atoms in total. The summed E-state index contributed by atoms with van der Waals surface area (Å²) in [7, 11) is 0. The number of amides is 1. The molecule has 3 rings (SSSR count). The summed E-state index contributed by atoms with van der Waals surface area (Å²) in [6.45, 7) is 3.99. The van der Waals surface area contributed by atoms with E-state index >= 15 is 0 Å². The number of benzene rings is 1. The SMILES string of the molecule is CC1CSCCN1C(=O)c1ccc2c(c1)NCC2. The van der Waals surface area contributed by atoms with Gasteiger partial charge in [0.25, 0.3) is 5.91 Å². The van der Waals surface area contributed by atoms with Gasteiger partial charge < -0.3 is 10.2 Å². The maximum absolute atomic E-state index is 12.5. The average molecular weight is 262 g/mol. The van der Waals surface area contributed by atoms with Crippen molar-refractivity contribution >= 4 is 23.4 Å². The Morgan fingerprint density at radius 3 is 3.22 bits per heavy atom. The number of nitrogens with one attached hydrogen (secondary N) is 1. The second-order valence-electron chi connectivity index (χ2n) is 4.97. The lowest BCUT2D eigenvalue weighted by Gasteiger charge is -2.33. The summed E-state index contributed by atoms with van der Waals surface area (Å²) in [6, 6.07) is 6.42. The Morgan fingerprint density at radius 2 is 2.39 bits per heavy atom. The fourth-order valence-electron chi connectivity index (χ4n) is 2.62. The van der Waals surface area contributed by atoms with Gasteiger partial charge in [-0.15, -0.1) is 0 Å². The maximum atomic E-state index is 12.5. The second kappa shape index (κ2) is 4.84. The number of carbonyl (C=O) groups is 1. The van der Waals surface area contributed by atoms with Crippen molar-refractivity contribution in [2.75, 3.05) is 29.9 Å². The highest BCUT2D eigenvalue weighted by Gasteiger charge is 2.25. The molecule has 0 aromatic heterocycles. The number of anilines is 1. The largest absolute Gasteiger partial charge is 0.384 e. The smallest absolute Gasteiger partial charge is 0.254 e. The minimum absolute atomic E-state index is 0.180. The molecule has 1 fully saturated rings. The first-order valence-electron chi connectivity index (χ1n) is 6.51. The Bertz CT molecular complexity index is 475. The number of fused-ring (bicyclic) bond motifs is 1. The third-order valence-corrected chi connectivity index (χ3v) is 4.88. The number of hydrogen-bond donors (Lipinski definition) is 1. The Morgan fingerprint density at radius 1 is 1.50 bits per heavy atom. The van der Waals surface area contributed by atoms with Gasteiger partial charge in [0.2, 0.25) is 0 Å². The number of rotatable bonds is 1. The molecule has 0 spiro atoms. The molecule has 2 aliphatic rings. The molecule has 96 valence electrons. The second-order valence-corrected chi connectivity index (χ2v) is 6.12. The highest BCUT2D eigenvalue weighted by atomic mass is 32.2. The van der Waals surface area contributed by atoms with Crippen LogP contribution in [-0.2, 0) is 6.42 Å². The third kappa shape index (κ3) is 2.09. The van der Waals surface area contributed by atoms with Crippen LogP contribution in [0.5, 0.6) is 0 Å². The van der Waals surface area contributed by atoms with Gasteiger partial charge in [-0.2, -0.15) is 11.8 Å². The standard InChI is InChI=1S/C14H18N2OS/c1-10-9-18-7-6-16(10)14(17)12-3-2-11-4-5-15-13(11)8-12/h2-3,8,10,15H,4-7,9H2,1H3. The van der Waals surface area contributed by atoms with Gasteiger partial charge >= 0.3 is 0 Å². The molecule has 0 bridgehead atoms. The van der Waals surface area contributed by atoms with Crippen molar-refractivity contribution in [2.24, 2.45) is 0 Å². The fourth-order valence-corrected chi connectivity index (χ4v) is 3.63. The van der Waals surface area contributed by atoms with Crippen molar-refractivity contribution in [3.63, 3.8) is 0 Å². The summed E-state index contributed by atoms with van der Waals surface area (Å²) in [6.07, 6.45) is 1.07. The van der Waals surface area contributed by atoms with E-state index in [0.29, 0.717) is 6.04 Å². The van der Waals surface area contributed by atoms with Crippen LogP contribution in [0.3, 0.4) is 0 Å². The van der Waals surface area contributed by atoms with Gasteiger partial charge in [-0.05, 0) is 31.0 Å². The van der Waals surface area contributed by atoms with Gasteiger partial charge in [-0.3, -0.25) is 4.79 Å². The number of thioether (sulfide) groups is 1. The molecule has 1 aromatic rings. The Balaban J connectivity index is 1.83. The lowest BCUT2D eigenvalue weighted by molar-refractivity contribution is 0.0716. The van der Waals surface area contributed by atoms with Crippen LogP contribution in [0.2, 0.25) is 0 Å². The molecule has 1 unspecified atom stereocenters. The van der Waals surface area contributed by atoms with E-state index in [1.54, 1.807) is 0 Å². The predicted octanol–water partition coefficient (Wildman–Crippen LogP) is 2.23. The van der Waals surface area contributed by atoms with Crippen LogP contribution >= 0.6 is 11.8 Å². The summed E-state index contributed by atoms with van der Waals surface area (Å²) in [4.78, 5) is 14.5. The third-order valence-electron chi connectivity index (χ3n) is 3.70. The van der Waals surface area contributed by atoms with Gasteiger partial charge in [0, 0.05) is 41.9 Å². The van der Waals surface area contributed by atoms with Gasteiger partial charge in [-0.1, -0.05) is 6.07 Å². The van der Waals surface area contributed by atoms with Crippen LogP contribution in [0.1, 0.15) is 22.8 Å². The zero-order valence-electron chi connectivity index (χ0n) is 10.6. The van der Waals surface area contributed by atoms with E-state index in [1.807, 2.05) is 28.8 Å². The fraction of sp³-hybridized carbons (Fsp3) is 0.500. The van der Waals surface area contributed by atoms with Crippen LogP contribution in [0.25, 0.3) is 0 Å². The van der Waals surface area contributed by atoms with Crippen molar-refractivity contribution in [1.29, 1.82) is 0 Å². The van der Waals surface area contributed by atoms with Crippen LogP contribution < -0.4 is 5.32 Å². The first kappa shape index (κ1) is 11.9. The summed E-state index contributed by atoms with van der Waals surface area (Å²) < 4.78 is 0. The maximum Gasteiger partial charge on any atom is 0.254 e. The van der Waals surface area contributed by atoms with Crippen molar-refractivity contribution in [3.05, 3.63) is 29.3 Å². The number of nitrogens with zero attached hydrogens (tertiary/aromatic N) is 1. The Labute approximate surface area is 112 Å². The first-order chi connectivity index (χ1) is 8.75. The molecule has 2 heterocycles. The van der Waals surface area contributed by atoms with Crippen molar-refractivity contribution in [1.82, 2.24) is 4.90 Å². The molecular formula is C14H18N2OS. The van der Waals surface area contributed by atoms with E-state index in [2.05, 4.69) is 18.3 Å². The average Bonchev–Trinajstić information content (AvgIpc) is 2.85. The Hall–Kier alpha value is -1.16. The summed E-state index contributed by atoms with van der Waals surface area (Å²) in [5, 5.41) is 3.33. The summed E-state index contributed by atoms with van der Waals surface area (Å²) >= 11 is 1.93. The highest BCUT2D eigenvalue weighted by Crippen LogP contribution is 2.25. The first-order valence-corrected chi connectivity index (χ1v) is 7.66. The van der Waals surface area contributed by atoms with Gasteiger partial charge in [0.15, 0.2) is 0 Å². The molecule has 1 saturated heterocycles. The van der Waals surface area contributed by atoms with Crippen LogP contribution in [0.4, 0.5) is 5.69 Å². The number of carbonyl (C=O) groups excluding carboxylic acids is 1. The molecule has 1 amide bonds. The van der Waals surface area contributed by atoms with Gasteiger partial charge in [0.1, 0.15) is 0 Å². The minimum Gasteiger partial charge on any atom is -0.384 e. The molecule has 0 radical (unpaired) electrons. The quantitative estimate of drug-likeness (QED) is 0.842. The van der Waals surface area contributed by atoms with Gasteiger partial charge in [-0.25, -0.2) is 0 Å². The topological polar surface area (TPSA) is 32.3 Å². The molecule has 0 aliphatic carbocycles. The molecule has 0 saturated carbocycles. The zero-order chi connectivity index (χ0) is 12.5.